The molecule has 0 atom stereocenters. The van der Waals surface area contributed by atoms with Gasteiger partial charge in [-0.2, -0.15) is 0 Å². The summed E-state index contributed by atoms with van der Waals surface area (Å²) >= 11 is 0. The van der Waals surface area contributed by atoms with Crippen LogP contribution in [0.25, 0.3) is 0 Å². The molecule has 0 bridgehead atoms. The molecule has 0 aromatic carbocycles. The zero-order valence-electron chi connectivity index (χ0n) is 6.94. The lowest BCUT2D eigenvalue weighted by Gasteiger charge is -2.08. The molecule has 0 radical (unpaired) electrons. The van der Waals surface area contributed by atoms with Gasteiger partial charge in [-0.3, -0.25) is 0 Å². The second-order valence-electron chi connectivity index (χ2n) is 2.87. The molecule has 4 heteroatoms. The van der Waals surface area contributed by atoms with E-state index in [2.05, 4.69) is 4.98 Å². The van der Waals surface area contributed by atoms with Crippen molar-refractivity contribution in [2.45, 2.75) is 19.8 Å². The third kappa shape index (κ3) is 1.37. The van der Waals surface area contributed by atoms with Crippen LogP contribution < -0.4 is 5.73 Å². The van der Waals surface area contributed by atoms with Crippen LogP contribution in [-0.4, -0.2) is 4.98 Å². The van der Waals surface area contributed by atoms with Gasteiger partial charge in [-0.05, 0) is 5.92 Å². The van der Waals surface area contributed by atoms with E-state index in [-0.39, 0.29) is 17.3 Å². The first-order valence-electron chi connectivity index (χ1n) is 3.63. The molecule has 0 fully saturated rings. The second-order valence-corrected chi connectivity index (χ2v) is 2.87. The predicted molar refractivity (Wildman–Crippen MR) is 42.7 cm³/mol. The van der Waals surface area contributed by atoms with Crippen molar-refractivity contribution in [1.82, 2.24) is 4.98 Å². The Morgan fingerprint density at radius 3 is 2.42 bits per heavy atom. The normalized spacial score (nSPS) is 10.8. The zero-order valence-corrected chi connectivity index (χ0v) is 6.94. The molecule has 0 aliphatic heterocycles. The molecule has 12 heavy (non-hydrogen) atoms. The first kappa shape index (κ1) is 8.90. The molecule has 0 saturated heterocycles. The van der Waals surface area contributed by atoms with Gasteiger partial charge in [-0.1, -0.05) is 13.8 Å². The van der Waals surface area contributed by atoms with Crippen LogP contribution in [0.3, 0.4) is 0 Å². The van der Waals surface area contributed by atoms with Gasteiger partial charge >= 0.3 is 0 Å². The molecule has 1 heterocycles. The molecule has 1 rings (SSSR count). The fraction of sp³-hybridized carbons (Fsp3) is 0.375. The number of anilines is 1. The summed E-state index contributed by atoms with van der Waals surface area (Å²) in [5, 5.41) is 0. The van der Waals surface area contributed by atoms with Crippen molar-refractivity contribution in [3.63, 3.8) is 0 Å². The number of nitrogen functional groups attached to an aromatic ring is 1. The van der Waals surface area contributed by atoms with Crippen LogP contribution in [0.15, 0.2) is 6.20 Å². The van der Waals surface area contributed by atoms with Crippen molar-refractivity contribution in [3.8, 4) is 0 Å². The summed E-state index contributed by atoms with van der Waals surface area (Å²) < 4.78 is 26.0. The minimum atomic E-state index is -0.745. The number of nitrogens with zero attached hydrogens (tertiary/aromatic N) is 1. The van der Waals surface area contributed by atoms with Gasteiger partial charge in [-0.15, -0.1) is 0 Å². The predicted octanol–water partition coefficient (Wildman–Crippen LogP) is 2.07. The topological polar surface area (TPSA) is 38.9 Å². The molecule has 0 unspecified atom stereocenters. The van der Waals surface area contributed by atoms with E-state index in [4.69, 9.17) is 5.73 Å². The Hall–Kier alpha value is -1.19. The fourth-order valence-corrected chi connectivity index (χ4v) is 1.02. The van der Waals surface area contributed by atoms with E-state index >= 15 is 0 Å². The van der Waals surface area contributed by atoms with E-state index < -0.39 is 11.6 Å². The Bertz CT molecular complexity index is 297. The van der Waals surface area contributed by atoms with Crippen molar-refractivity contribution >= 4 is 5.82 Å². The molecule has 0 aliphatic rings. The number of hydrogen-bond donors (Lipinski definition) is 1. The average Bonchev–Trinajstić information content (AvgIpc) is 1.97. The Balaban J connectivity index is 3.33. The van der Waals surface area contributed by atoms with Crippen LogP contribution in [0.5, 0.6) is 0 Å². The van der Waals surface area contributed by atoms with Gasteiger partial charge in [0.1, 0.15) is 5.82 Å². The summed E-state index contributed by atoms with van der Waals surface area (Å²) in [5.41, 5.74) is 5.18. The minimum Gasteiger partial charge on any atom is -0.381 e. The van der Waals surface area contributed by atoms with E-state index in [1.54, 1.807) is 13.8 Å². The number of aromatic nitrogens is 1. The third-order valence-electron chi connectivity index (χ3n) is 1.61. The van der Waals surface area contributed by atoms with Crippen LogP contribution in [0, 0.1) is 11.6 Å². The summed E-state index contributed by atoms with van der Waals surface area (Å²) in [6.45, 7) is 3.39. The van der Waals surface area contributed by atoms with Crippen LogP contribution in [0.4, 0.5) is 14.6 Å². The monoisotopic (exact) mass is 172 g/mol. The number of halogens is 2. The quantitative estimate of drug-likeness (QED) is 0.704. The molecule has 0 aliphatic carbocycles. The van der Waals surface area contributed by atoms with Crippen LogP contribution in [0.1, 0.15) is 25.3 Å². The molecule has 0 saturated carbocycles. The number of pyridine rings is 1. The van der Waals surface area contributed by atoms with Gasteiger partial charge in [0.25, 0.3) is 0 Å². The van der Waals surface area contributed by atoms with E-state index in [1.165, 1.54) is 0 Å². The summed E-state index contributed by atoms with van der Waals surface area (Å²) in [4.78, 5) is 3.35. The number of hydrogen-bond acceptors (Lipinski definition) is 2. The lowest BCUT2D eigenvalue weighted by molar-refractivity contribution is 0.536. The lowest BCUT2D eigenvalue weighted by atomic mass is 10.0. The van der Waals surface area contributed by atoms with Crippen molar-refractivity contribution in [1.29, 1.82) is 0 Å². The fourth-order valence-electron chi connectivity index (χ4n) is 1.02. The molecule has 1 aromatic rings. The van der Waals surface area contributed by atoms with Gasteiger partial charge in [-0.25, -0.2) is 13.8 Å². The van der Waals surface area contributed by atoms with E-state index in [9.17, 15) is 8.78 Å². The summed E-state index contributed by atoms with van der Waals surface area (Å²) in [5.74, 6) is -1.86. The average molecular weight is 172 g/mol. The highest BCUT2D eigenvalue weighted by Crippen LogP contribution is 2.23. The van der Waals surface area contributed by atoms with Gasteiger partial charge in [0, 0.05) is 5.56 Å². The zero-order chi connectivity index (χ0) is 9.30. The van der Waals surface area contributed by atoms with E-state index in [1.807, 2.05) is 0 Å². The summed E-state index contributed by atoms with van der Waals surface area (Å²) in [7, 11) is 0. The molecule has 0 spiro atoms. The highest BCUT2D eigenvalue weighted by Gasteiger charge is 2.15. The molecule has 0 amide bonds. The highest BCUT2D eigenvalue weighted by molar-refractivity contribution is 5.36. The number of nitrogens with two attached hydrogens (primary N) is 1. The smallest absolute Gasteiger partial charge is 0.171 e. The van der Waals surface area contributed by atoms with Crippen LogP contribution >= 0.6 is 0 Å². The number of rotatable bonds is 1. The standard InChI is InChI=1S/C8H10F2N2/c1-4(2)6-5(9)3-12-8(11)7(6)10/h3-4H,1-2H3,(H2,11,12). The first-order valence-corrected chi connectivity index (χ1v) is 3.63. The van der Waals surface area contributed by atoms with Gasteiger partial charge in [0.2, 0.25) is 0 Å². The summed E-state index contributed by atoms with van der Waals surface area (Å²) in [6, 6.07) is 0. The maximum Gasteiger partial charge on any atom is 0.171 e. The molecular weight excluding hydrogens is 162 g/mol. The largest absolute Gasteiger partial charge is 0.381 e. The molecular formula is C8H10F2N2. The van der Waals surface area contributed by atoms with Crippen molar-refractivity contribution in [3.05, 3.63) is 23.4 Å². The Morgan fingerprint density at radius 2 is 2.00 bits per heavy atom. The SMILES string of the molecule is CC(C)c1c(F)cnc(N)c1F. The van der Waals surface area contributed by atoms with E-state index in [0.29, 0.717) is 0 Å². The molecule has 1 aromatic heterocycles. The van der Waals surface area contributed by atoms with Gasteiger partial charge < -0.3 is 5.73 Å². The van der Waals surface area contributed by atoms with Gasteiger partial charge in [0.15, 0.2) is 11.6 Å². The Morgan fingerprint density at radius 1 is 1.42 bits per heavy atom. The van der Waals surface area contributed by atoms with Crippen molar-refractivity contribution in [2.24, 2.45) is 0 Å². The van der Waals surface area contributed by atoms with Gasteiger partial charge in [0.05, 0.1) is 6.20 Å². The van der Waals surface area contributed by atoms with Crippen LogP contribution in [0.2, 0.25) is 0 Å². The summed E-state index contributed by atoms with van der Waals surface area (Å²) in [6.07, 6.45) is 0.938. The van der Waals surface area contributed by atoms with Crippen molar-refractivity contribution in [2.75, 3.05) is 5.73 Å². The second kappa shape index (κ2) is 3.05. The Kier molecular flexibility index (Phi) is 2.26. The molecule has 2 nitrogen and oxygen atoms in total. The van der Waals surface area contributed by atoms with Crippen LogP contribution in [-0.2, 0) is 0 Å². The maximum atomic E-state index is 13.1. The Labute approximate surface area is 69.4 Å². The minimum absolute atomic E-state index is 0.00231. The first-order chi connectivity index (χ1) is 5.54. The third-order valence-corrected chi connectivity index (χ3v) is 1.61. The molecule has 66 valence electrons. The molecule has 2 N–H and O–H groups in total. The van der Waals surface area contributed by atoms with Crippen molar-refractivity contribution < 1.29 is 8.78 Å². The highest BCUT2D eigenvalue weighted by atomic mass is 19.1. The maximum absolute atomic E-state index is 13.1. The lowest BCUT2D eigenvalue weighted by Crippen LogP contribution is -2.04. The van der Waals surface area contributed by atoms with E-state index in [0.717, 1.165) is 6.20 Å².